The van der Waals surface area contributed by atoms with Crippen LogP contribution < -0.4 is 5.69 Å². The summed E-state index contributed by atoms with van der Waals surface area (Å²) in [6, 6.07) is 1.70. The quantitative estimate of drug-likeness (QED) is 0.752. The van der Waals surface area contributed by atoms with E-state index in [0.29, 0.717) is 24.2 Å². The maximum absolute atomic E-state index is 11.3. The normalized spacial score (nSPS) is 15.2. The van der Waals surface area contributed by atoms with Crippen molar-refractivity contribution in [3.63, 3.8) is 0 Å². The number of hydrogen-bond donors (Lipinski definition) is 0. The SMILES string of the molecule is O=c1ncccn1Cc1noc(C2CC2)n1. The van der Waals surface area contributed by atoms with Crippen molar-refractivity contribution >= 4 is 0 Å². The van der Waals surface area contributed by atoms with Gasteiger partial charge in [0.1, 0.15) is 0 Å². The molecule has 0 saturated heterocycles. The first-order valence-electron chi connectivity index (χ1n) is 5.17. The second-order valence-corrected chi connectivity index (χ2v) is 3.85. The average molecular weight is 218 g/mol. The van der Waals surface area contributed by atoms with Gasteiger partial charge in [0, 0.05) is 18.3 Å². The molecule has 0 amide bonds. The Balaban J connectivity index is 1.83. The van der Waals surface area contributed by atoms with Gasteiger partial charge in [-0.25, -0.2) is 9.78 Å². The molecule has 1 fully saturated rings. The zero-order valence-corrected chi connectivity index (χ0v) is 8.54. The van der Waals surface area contributed by atoms with Crippen LogP contribution in [0.3, 0.4) is 0 Å². The minimum absolute atomic E-state index is 0.305. The topological polar surface area (TPSA) is 73.8 Å². The first kappa shape index (κ1) is 9.26. The molecule has 1 aliphatic carbocycles. The third-order valence-electron chi connectivity index (χ3n) is 2.50. The van der Waals surface area contributed by atoms with Gasteiger partial charge in [-0.1, -0.05) is 5.16 Å². The summed E-state index contributed by atoms with van der Waals surface area (Å²) in [6.07, 6.45) is 5.36. The van der Waals surface area contributed by atoms with Crippen molar-refractivity contribution in [1.82, 2.24) is 19.7 Å². The van der Waals surface area contributed by atoms with Crippen LogP contribution in [0.25, 0.3) is 0 Å². The highest BCUT2D eigenvalue weighted by atomic mass is 16.5. The number of aromatic nitrogens is 4. The third kappa shape index (κ3) is 1.73. The van der Waals surface area contributed by atoms with Crippen LogP contribution in [0.15, 0.2) is 27.8 Å². The van der Waals surface area contributed by atoms with Crippen LogP contribution in [0.5, 0.6) is 0 Å². The van der Waals surface area contributed by atoms with E-state index in [-0.39, 0.29) is 5.69 Å². The maximum atomic E-state index is 11.3. The maximum Gasteiger partial charge on any atom is 0.347 e. The van der Waals surface area contributed by atoms with E-state index >= 15 is 0 Å². The highest BCUT2D eigenvalue weighted by Crippen LogP contribution is 2.38. The van der Waals surface area contributed by atoms with Gasteiger partial charge in [0.2, 0.25) is 5.89 Å². The van der Waals surface area contributed by atoms with Gasteiger partial charge in [-0.05, 0) is 18.9 Å². The Kier molecular flexibility index (Phi) is 2.05. The van der Waals surface area contributed by atoms with Crippen LogP contribution in [-0.2, 0) is 6.54 Å². The minimum Gasteiger partial charge on any atom is -0.339 e. The first-order valence-corrected chi connectivity index (χ1v) is 5.17. The predicted molar refractivity (Wildman–Crippen MR) is 53.9 cm³/mol. The molecule has 0 N–H and O–H groups in total. The van der Waals surface area contributed by atoms with Gasteiger partial charge in [0.15, 0.2) is 5.82 Å². The highest BCUT2D eigenvalue weighted by Gasteiger charge is 2.29. The fourth-order valence-electron chi connectivity index (χ4n) is 1.49. The van der Waals surface area contributed by atoms with Gasteiger partial charge in [0.25, 0.3) is 0 Å². The summed E-state index contributed by atoms with van der Waals surface area (Å²) in [6.45, 7) is 0.308. The molecular formula is C10H10N4O2. The smallest absolute Gasteiger partial charge is 0.339 e. The van der Waals surface area contributed by atoms with Crippen molar-refractivity contribution in [3.05, 3.63) is 40.7 Å². The summed E-state index contributed by atoms with van der Waals surface area (Å²) in [7, 11) is 0. The van der Waals surface area contributed by atoms with Crippen molar-refractivity contribution in [1.29, 1.82) is 0 Å². The predicted octanol–water partition coefficient (Wildman–Crippen LogP) is 0.552. The Morgan fingerprint density at radius 3 is 3.12 bits per heavy atom. The lowest BCUT2D eigenvalue weighted by molar-refractivity contribution is 0.372. The molecule has 2 heterocycles. The molecule has 0 aliphatic heterocycles. The molecule has 82 valence electrons. The van der Waals surface area contributed by atoms with E-state index < -0.39 is 0 Å². The van der Waals surface area contributed by atoms with E-state index in [1.807, 2.05) is 0 Å². The van der Waals surface area contributed by atoms with Gasteiger partial charge >= 0.3 is 5.69 Å². The molecule has 0 aromatic carbocycles. The van der Waals surface area contributed by atoms with Crippen molar-refractivity contribution in [2.45, 2.75) is 25.3 Å². The Morgan fingerprint density at radius 1 is 1.50 bits per heavy atom. The van der Waals surface area contributed by atoms with E-state index in [1.54, 1.807) is 12.3 Å². The summed E-state index contributed by atoms with van der Waals surface area (Å²) < 4.78 is 6.55. The lowest BCUT2D eigenvalue weighted by Crippen LogP contribution is -2.22. The van der Waals surface area contributed by atoms with Crippen LogP contribution in [0.1, 0.15) is 30.5 Å². The molecule has 0 spiro atoms. The van der Waals surface area contributed by atoms with Gasteiger partial charge in [-0.3, -0.25) is 4.57 Å². The third-order valence-corrected chi connectivity index (χ3v) is 2.50. The Labute approximate surface area is 90.9 Å². The molecule has 16 heavy (non-hydrogen) atoms. The molecule has 0 radical (unpaired) electrons. The van der Waals surface area contributed by atoms with E-state index in [4.69, 9.17) is 4.52 Å². The highest BCUT2D eigenvalue weighted by molar-refractivity contribution is 5.02. The van der Waals surface area contributed by atoms with Gasteiger partial charge < -0.3 is 4.52 Å². The molecule has 0 bridgehead atoms. The Morgan fingerprint density at radius 2 is 2.38 bits per heavy atom. The van der Waals surface area contributed by atoms with E-state index in [2.05, 4.69) is 15.1 Å². The second-order valence-electron chi connectivity index (χ2n) is 3.85. The van der Waals surface area contributed by atoms with Gasteiger partial charge in [-0.15, -0.1) is 0 Å². The monoisotopic (exact) mass is 218 g/mol. The molecule has 1 aliphatic rings. The summed E-state index contributed by atoms with van der Waals surface area (Å²) in [4.78, 5) is 19.2. The molecule has 2 aromatic heterocycles. The number of nitrogens with zero attached hydrogens (tertiary/aromatic N) is 4. The standard InChI is InChI=1S/C10H10N4O2/c15-10-11-4-1-5-14(10)6-8-12-9(16-13-8)7-2-3-7/h1,4-5,7H,2-3,6H2. The molecule has 0 atom stereocenters. The summed E-state index contributed by atoms with van der Waals surface area (Å²) >= 11 is 0. The summed E-state index contributed by atoms with van der Waals surface area (Å²) in [5.41, 5.74) is -0.305. The zero-order chi connectivity index (χ0) is 11.0. The molecule has 6 nitrogen and oxygen atoms in total. The fraction of sp³-hybridized carbons (Fsp3) is 0.400. The summed E-state index contributed by atoms with van der Waals surface area (Å²) in [5, 5.41) is 3.84. The van der Waals surface area contributed by atoms with E-state index in [1.165, 1.54) is 10.8 Å². The minimum atomic E-state index is -0.305. The second kappa shape index (κ2) is 3.55. The largest absolute Gasteiger partial charge is 0.347 e. The molecule has 0 unspecified atom stereocenters. The average Bonchev–Trinajstić information content (AvgIpc) is 3.03. The number of rotatable bonds is 3. The molecular weight excluding hydrogens is 208 g/mol. The van der Waals surface area contributed by atoms with Crippen LogP contribution >= 0.6 is 0 Å². The first-order chi connectivity index (χ1) is 7.83. The van der Waals surface area contributed by atoms with Crippen LogP contribution in [-0.4, -0.2) is 19.7 Å². The van der Waals surface area contributed by atoms with Gasteiger partial charge in [0.05, 0.1) is 6.54 Å². The Bertz CT molecular complexity index is 556. The fourth-order valence-corrected chi connectivity index (χ4v) is 1.49. The summed E-state index contributed by atoms with van der Waals surface area (Å²) in [5.74, 6) is 1.65. The van der Waals surface area contributed by atoms with Crippen LogP contribution in [0, 0.1) is 0 Å². The lowest BCUT2D eigenvalue weighted by atomic mass is 10.4. The lowest BCUT2D eigenvalue weighted by Gasteiger charge is -1.98. The molecule has 3 rings (SSSR count). The van der Waals surface area contributed by atoms with Crippen molar-refractivity contribution < 1.29 is 4.52 Å². The van der Waals surface area contributed by atoms with E-state index in [0.717, 1.165) is 12.8 Å². The van der Waals surface area contributed by atoms with Crippen LogP contribution in [0.4, 0.5) is 0 Å². The van der Waals surface area contributed by atoms with Crippen molar-refractivity contribution in [2.24, 2.45) is 0 Å². The van der Waals surface area contributed by atoms with Crippen molar-refractivity contribution in [3.8, 4) is 0 Å². The zero-order valence-electron chi connectivity index (χ0n) is 8.54. The van der Waals surface area contributed by atoms with E-state index in [9.17, 15) is 4.79 Å². The van der Waals surface area contributed by atoms with Gasteiger partial charge in [-0.2, -0.15) is 4.98 Å². The Hall–Kier alpha value is -1.98. The molecule has 6 heteroatoms. The number of hydrogen-bond acceptors (Lipinski definition) is 5. The molecule has 1 saturated carbocycles. The van der Waals surface area contributed by atoms with Crippen molar-refractivity contribution in [2.75, 3.05) is 0 Å². The molecule has 2 aromatic rings. The van der Waals surface area contributed by atoms with Crippen LogP contribution in [0.2, 0.25) is 0 Å².